The molecule has 0 saturated carbocycles. The predicted octanol–water partition coefficient (Wildman–Crippen LogP) is 4.47. The van der Waals surface area contributed by atoms with E-state index < -0.39 is 0 Å². The number of hydrogen-bond acceptors (Lipinski definition) is 2. The van der Waals surface area contributed by atoms with Crippen LogP contribution in [0.2, 0.25) is 0 Å². The minimum atomic E-state index is 0.112. The molecule has 2 nitrogen and oxygen atoms in total. The Morgan fingerprint density at radius 3 is 2.12 bits per heavy atom. The van der Waals surface area contributed by atoms with Crippen LogP contribution in [0.4, 0.5) is 0 Å². The minimum absolute atomic E-state index is 0.112. The molecule has 0 aliphatic carbocycles. The van der Waals surface area contributed by atoms with E-state index in [-0.39, 0.29) is 11.5 Å². The molecule has 94 valence electrons. The van der Waals surface area contributed by atoms with E-state index in [0.29, 0.717) is 0 Å². The van der Waals surface area contributed by atoms with Crippen LogP contribution >= 0.6 is 0 Å². The molecule has 0 saturated heterocycles. The van der Waals surface area contributed by atoms with Gasteiger partial charge in [-0.2, -0.15) is 0 Å². The van der Waals surface area contributed by atoms with Gasteiger partial charge >= 0.3 is 0 Å². The summed E-state index contributed by atoms with van der Waals surface area (Å²) in [5.74, 6) is 0.224. The third-order valence-corrected chi connectivity index (χ3v) is 3.13. The second kappa shape index (κ2) is 6.33. The van der Waals surface area contributed by atoms with Gasteiger partial charge in [-0.3, -0.25) is 0 Å². The monoisotopic (exact) mass is 234 g/mol. The van der Waals surface area contributed by atoms with E-state index in [2.05, 4.69) is 13.8 Å². The van der Waals surface area contributed by atoms with E-state index >= 15 is 0 Å². The van der Waals surface area contributed by atoms with Crippen molar-refractivity contribution in [3.63, 3.8) is 0 Å². The Kier molecular flexibility index (Phi) is 5.08. The molecule has 2 heteroatoms. The van der Waals surface area contributed by atoms with Gasteiger partial charge in [-0.05, 0) is 50.0 Å². The number of rotatable bonds is 5. The number of hydrogen-bond donors (Lipinski definition) is 2. The van der Waals surface area contributed by atoms with Crippen LogP contribution in [0.1, 0.15) is 52.0 Å². The van der Waals surface area contributed by atoms with Crippen molar-refractivity contribution in [2.24, 2.45) is 0 Å². The van der Waals surface area contributed by atoms with E-state index in [4.69, 9.17) is 0 Å². The smallest absolute Gasteiger partial charge is 0.119 e. The Hall–Kier alpha value is -1.44. The van der Waals surface area contributed by atoms with Crippen molar-refractivity contribution in [3.8, 4) is 11.5 Å². The lowest BCUT2D eigenvalue weighted by molar-refractivity contribution is 0.450. The topological polar surface area (TPSA) is 40.5 Å². The number of benzene rings is 1. The minimum Gasteiger partial charge on any atom is -0.508 e. The fraction of sp³-hybridized carbons (Fsp3) is 0.467. The standard InChI is InChI=1S/C15H22O2/c1-4-5-6-7-11(2)12(3)13-8-14(16)10-15(17)9-13/h8-10,16-17H,4-7H2,1-3H3. The largest absolute Gasteiger partial charge is 0.508 e. The number of phenolic OH excluding ortho intramolecular Hbond substituents is 2. The zero-order chi connectivity index (χ0) is 12.8. The first kappa shape index (κ1) is 13.6. The molecular formula is C15H22O2. The zero-order valence-corrected chi connectivity index (χ0v) is 11.0. The molecule has 0 fully saturated rings. The molecule has 0 aliphatic heterocycles. The first-order chi connectivity index (χ1) is 8.04. The highest BCUT2D eigenvalue weighted by Gasteiger charge is 2.04. The van der Waals surface area contributed by atoms with Crippen LogP contribution in [0.3, 0.4) is 0 Å². The lowest BCUT2D eigenvalue weighted by Gasteiger charge is -2.09. The van der Waals surface area contributed by atoms with Gasteiger partial charge in [-0.15, -0.1) is 0 Å². The van der Waals surface area contributed by atoms with Crippen molar-refractivity contribution in [3.05, 3.63) is 29.3 Å². The predicted molar refractivity (Wildman–Crippen MR) is 72.2 cm³/mol. The summed E-state index contributed by atoms with van der Waals surface area (Å²) in [5.41, 5.74) is 3.37. The van der Waals surface area contributed by atoms with Gasteiger partial charge in [0, 0.05) is 6.07 Å². The third-order valence-electron chi connectivity index (χ3n) is 3.13. The van der Waals surface area contributed by atoms with Crippen LogP contribution in [0.15, 0.2) is 23.8 Å². The lowest BCUT2D eigenvalue weighted by Crippen LogP contribution is -1.87. The van der Waals surface area contributed by atoms with Gasteiger partial charge < -0.3 is 10.2 Å². The van der Waals surface area contributed by atoms with Gasteiger partial charge in [0.2, 0.25) is 0 Å². The highest BCUT2D eigenvalue weighted by molar-refractivity contribution is 5.68. The van der Waals surface area contributed by atoms with Crippen molar-refractivity contribution in [1.29, 1.82) is 0 Å². The molecular weight excluding hydrogens is 212 g/mol. The molecule has 0 heterocycles. The van der Waals surface area contributed by atoms with E-state index in [0.717, 1.165) is 17.6 Å². The summed E-state index contributed by atoms with van der Waals surface area (Å²) in [7, 11) is 0. The molecule has 0 spiro atoms. The SMILES string of the molecule is CCCCCC(C)=C(C)c1cc(O)cc(O)c1. The van der Waals surface area contributed by atoms with Crippen molar-refractivity contribution >= 4 is 5.57 Å². The molecule has 0 atom stereocenters. The molecule has 0 aromatic heterocycles. The molecule has 0 bridgehead atoms. The quantitative estimate of drug-likeness (QED) is 0.738. The van der Waals surface area contributed by atoms with E-state index in [1.807, 2.05) is 6.92 Å². The summed E-state index contributed by atoms with van der Waals surface area (Å²) >= 11 is 0. The third kappa shape index (κ3) is 4.14. The number of phenols is 2. The summed E-state index contributed by atoms with van der Waals surface area (Å²) < 4.78 is 0. The van der Waals surface area contributed by atoms with Crippen molar-refractivity contribution in [1.82, 2.24) is 0 Å². The van der Waals surface area contributed by atoms with Gasteiger partial charge in [0.1, 0.15) is 11.5 Å². The summed E-state index contributed by atoms with van der Waals surface area (Å²) in [6.07, 6.45) is 4.75. The maximum absolute atomic E-state index is 9.46. The van der Waals surface area contributed by atoms with E-state index in [1.165, 1.54) is 30.9 Å². The maximum atomic E-state index is 9.46. The Morgan fingerprint density at radius 1 is 1.00 bits per heavy atom. The average Bonchev–Trinajstić information content (AvgIpc) is 2.27. The normalized spacial score (nSPS) is 12.4. The van der Waals surface area contributed by atoms with Gasteiger partial charge in [0.05, 0.1) is 0 Å². The summed E-state index contributed by atoms with van der Waals surface area (Å²) in [6.45, 7) is 6.35. The molecule has 0 unspecified atom stereocenters. The van der Waals surface area contributed by atoms with E-state index in [1.54, 1.807) is 12.1 Å². The fourth-order valence-corrected chi connectivity index (χ4v) is 1.89. The van der Waals surface area contributed by atoms with Gasteiger partial charge in [0.25, 0.3) is 0 Å². The Labute approximate surface area is 104 Å². The summed E-state index contributed by atoms with van der Waals surface area (Å²) in [6, 6.07) is 4.74. The van der Waals surface area contributed by atoms with Crippen LogP contribution in [0.25, 0.3) is 5.57 Å². The molecule has 17 heavy (non-hydrogen) atoms. The number of allylic oxidation sites excluding steroid dienone is 2. The zero-order valence-electron chi connectivity index (χ0n) is 11.0. The van der Waals surface area contributed by atoms with E-state index in [9.17, 15) is 10.2 Å². The first-order valence-electron chi connectivity index (χ1n) is 6.24. The molecule has 0 aliphatic rings. The molecule has 1 aromatic carbocycles. The summed E-state index contributed by atoms with van der Waals surface area (Å²) in [4.78, 5) is 0. The fourth-order valence-electron chi connectivity index (χ4n) is 1.89. The Morgan fingerprint density at radius 2 is 1.59 bits per heavy atom. The average molecular weight is 234 g/mol. The Balaban J connectivity index is 2.85. The van der Waals surface area contributed by atoms with Crippen molar-refractivity contribution < 1.29 is 10.2 Å². The van der Waals surface area contributed by atoms with Crippen LogP contribution in [-0.2, 0) is 0 Å². The maximum Gasteiger partial charge on any atom is 0.119 e. The summed E-state index contributed by atoms with van der Waals surface area (Å²) in [5, 5.41) is 18.9. The van der Waals surface area contributed by atoms with Gasteiger partial charge in [-0.1, -0.05) is 25.3 Å². The second-order valence-corrected chi connectivity index (χ2v) is 4.60. The van der Waals surface area contributed by atoms with Gasteiger partial charge in [-0.25, -0.2) is 0 Å². The number of aromatic hydroxyl groups is 2. The van der Waals surface area contributed by atoms with Crippen LogP contribution in [-0.4, -0.2) is 10.2 Å². The molecule has 0 radical (unpaired) electrons. The van der Waals surface area contributed by atoms with Crippen molar-refractivity contribution in [2.75, 3.05) is 0 Å². The van der Waals surface area contributed by atoms with Crippen LogP contribution < -0.4 is 0 Å². The van der Waals surface area contributed by atoms with Crippen LogP contribution in [0.5, 0.6) is 11.5 Å². The number of unbranched alkanes of at least 4 members (excludes halogenated alkanes) is 2. The second-order valence-electron chi connectivity index (χ2n) is 4.60. The lowest BCUT2D eigenvalue weighted by atomic mass is 9.98. The van der Waals surface area contributed by atoms with Gasteiger partial charge in [0.15, 0.2) is 0 Å². The molecule has 1 rings (SSSR count). The molecule has 2 N–H and O–H groups in total. The highest BCUT2D eigenvalue weighted by atomic mass is 16.3. The molecule has 1 aromatic rings. The first-order valence-corrected chi connectivity index (χ1v) is 6.24. The Bertz CT molecular complexity index is 385. The van der Waals surface area contributed by atoms with Crippen molar-refractivity contribution in [2.45, 2.75) is 46.5 Å². The molecule has 0 amide bonds. The highest BCUT2D eigenvalue weighted by Crippen LogP contribution is 2.28. The van der Waals surface area contributed by atoms with Crippen LogP contribution in [0, 0.1) is 0 Å².